The molecule has 5 aliphatic heterocycles. The fourth-order valence-corrected chi connectivity index (χ4v) is 14.1. The fraction of sp³-hybridized carbons (Fsp3) is 0.562. The van der Waals surface area contributed by atoms with E-state index in [-0.39, 0.29) is 18.6 Å². The molecule has 0 amide bonds. The highest BCUT2D eigenvalue weighted by Gasteiger charge is 2.80. The molecule has 1 unspecified atom stereocenters. The molecule has 1 aliphatic carbocycles. The summed E-state index contributed by atoms with van der Waals surface area (Å²) >= 11 is 1.70. The number of aliphatic hydroxyl groups is 2. The van der Waals surface area contributed by atoms with Crippen LogP contribution in [0.5, 0.6) is 5.75 Å². The Balaban J connectivity index is 1.35. The van der Waals surface area contributed by atoms with Crippen LogP contribution in [0.2, 0.25) is 0 Å². The highest BCUT2D eigenvalue weighted by Crippen LogP contribution is 2.68. The molecule has 1 saturated carbocycles. The van der Waals surface area contributed by atoms with Crippen molar-refractivity contribution in [3.05, 3.63) is 76.5 Å². The van der Waals surface area contributed by atoms with Crippen molar-refractivity contribution in [2.24, 2.45) is 11.3 Å². The van der Waals surface area contributed by atoms with E-state index in [1.54, 1.807) is 18.9 Å². The number of hydrogen-bond donors (Lipinski definition) is 3. The molecule has 2 fully saturated rings. The highest BCUT2D eigenvalue weighted by atomic mass is 32.2. The summed E-state index contributed by atoms with van der Waals surface area (Å²) in [7, 11) is 6.21. The molecular formula is C48H60N4O9S. The Bertz CT molecular complexity index is 2380. The molecule has 1 spiro atoms. The molecule has 3 N–H and O–H groups in total. The van der Waals surface area contributed by atoms with Crippen molar-refractivity contribution < 1.29 is 43.5 Å². The summed E-state index contributed by atoms with van der Waals surface area (Å²) in [6, 6.07) is 9.26. The van der Waals surface area contributed by atoms with Crippen LogP contribution in [-0.4, -0.2) is 134 Å². The lowest BCUT2D eigenvalue weighted by atomic mass is 9.47. The summed E-state index contributed by atoms with van der Waals surface area (Å²) in [6.07, 6.45) is 8.25. The van der Waals surface area contributed by atoms with Crippen molar-refractivity contribution in [1.29, 1.82) is 0 Å². The van der Waals surface area contributed by atoms with Gasteiger partial charge in [0.2, 0.25) is 5.60 Å². The summed E-state index contributed by atoms with van der Waals surface area (Å²) in [6.45, 7) is 9.18. The molecule has 62 heavy (non-hydrogen) atoms. The van der Waals surface area contributed by atoms with Crippen LogP contribution in [0.4, 0.5) is 5.69 Å². The monoisotopic (exact) mass is 868 g/mol. The minimum absolute atomic E-state index is 0.00437. The molecule has 9 rings (SSSR count). The second-order valence-corrected chi connectivity index (χ2v) is 19.4. The van der Waals surface area contributed by atoms with Gasteiger partial charge in [0.25, 0.3) is 0 Å². The molecule has 6 heterocycles. The summed E-state index contributed by atoms with van der Waals surface area (Å²) in [5.41, 5.74) is 0.774. The first kappa shape index (κ1) is 42.9. The van der Waals surface area contributed by atoms with E-state index in [0.29, 0.717) is 56.6 Å². The number of aliphatic hydroxyl groups excluding tert-OH is 1. The van der Waals surface area contributed by atoms with Crippen LogP contribution in [0, 0.1) is 11.3 Å². The van der Waals surface area contributed by atoms with Gasteiger partial charge in [-0.05, 0) is 80.0 Å². The van der Waals surface area contributed by atoms with Gasteiger partial charge in [-0.3, -0.25) is 19.4 Å². The number of esters is 3. The second kappa shape index (κ2) is 15.7. The number of likely N-dealkylation sites (N-methyl/N-ethyl adjacent to an activating group) is 1. The van der Waals surface area contributed by atoms with Crippen molar-refractivity contribution >= 4 is 46.3 Å². The number of fused-ring (bicyclic) bond motifs is 6. The number of aromatic nitrogens is 1. The number of H-pyrrole nitrogens is 1. The number of rotatable bonds is 11. The van der Waals surface area contributed by atoms with Crippen LogP contribution in [0.25, 0.3) is 10.9 Å². The number of nitrogens with zero attached hydrogens (tertiary/aromatic N) is 3. The van der Waals surface area contributed by atoms with Gasteiger partial charge in [0.15, 0.2) is 6.10 Å². The number of carbonyl (C=O) groups is 3. The lowest BCUT2D eigenvalue weighted by Gasteiger charge is -2.63. The van der Waals surface area contributed by atoms with E-state index in [1.807, 2.05) is 24.9 Å². The topological polar surface area (TPSA) is 154 Å². The summed E-state index contributed by atoms with van der Waals surface area (Å²) in [4.78, 5) is 54.6. The number of anilines is 1. The molecule has 3 aromatic rings. The third-order valence-electron chi connectivity index (χ3n) is 15.4. The van der Waals surface area contributed by atoms with Crippen molar-refractivity contribution in [3.8, 4) is 5.75 Å². The molecule has 9 atom stereocenters. The Morgan fingerprint density at radius 2 is 1.81 bits per heavy atom. The maximum absolute atomic E-state index is 15.4. The first-order chi connectivity index (χ1) is 29.8. The third-order valence-corrected chi connectivity index (χ3v) is 16.5. The Labute approximate surface area is 367 Å². The van der Waals surface area contributed by atoms with Gasteiger partial charge in [-0.1, -0.05) is 37.6 Å². The molecule has 1 aromatic heterocycles. The molecule has 2 aromatic carbocycles. The molecule has 13 nitrogen and oxygen atoms in total. The van der Waals surface area contributed by atoms with Crippen LogP contribution in [0.15, 0.2) is 59.0 Å². The fourth-order valence-electron chi connectivity index (χ4n) is 13.2. The average Bonchev–Trinajstić information content (AvgIpc) is 3.92. The second-order valence-electron chi connectivity index (χ2n) is 18.3. The number of benzene rings is 2. The minimum Gasteiger partial charge on any atom is -0.496 e. The lowest BCUT2D eigenvalue weighted by Crippen LogP contribution is -2.81. The zero-order valence-electron chi connectivity index (χ0n) is 36.9. The minimum atomic E-state index is -2.30. The van der Waals surface area contributed by atoms with Gasteiger partial charge in [-0.2, -0.15) is 0 Å². The van der Waals surface area contributed by atoms with Crippen LogP contribution in [0.3, 0.4) is 0 Å². The van der Waals surface area contributed by atoms with Gasteiger partial charge < -0.3 is 39.0 Å². The van der Waals surface area contributed by atoms with Crippen LogP contribution in [0.1, 0.15) is 75.3 Å². The van der Waals surface area contributed by atoms with Crippen molar-refractivity contribution in [2.75, 3.05) is 71.8 Å². The number of nitrogens with one attached hydrogen (secondary N) is 1. The normalized spacial score (nSPS) is 33.1. The van der Waals surface area contributed by atoms with E-state index in [0.717, 1.165) is 63.6 Å². The smallest absolute Gasteiger partial charge is 0.344 e. The van der Waals surface area contributed by atoms with E-state index in [2.05, 4.69) is 64.2 Å². The molecular weight excluding hydrogens is 809 g/mol. The number of thioether (sulfide) groups is 1. The van der Waals surface area contributed by atoms with E-state index in [9.17, 15) is 19.8 Å². The Kier molecular flexibility index (Phi) is 10.9. The molecule has 1 saturated heterocycles. The number of hydrogen-bond acceptors (Lipinski definition) is 13. The quantitative estimate of drug-likeness (QED) is 0.0759. The summed E-state index contributed by atoms with van der Waals surface area (Å²) in [5.74, 6) is -0.621. The zero-order valence-corrected chi connectivity index (χ0v) is 37.7. The molecule has 14 heteroatoms. The Morgan fingerprint density at radius 1 is 1.02 bits per heavy atom. The molecule has 6 aliphatic rings. The van der Waals surface area contributed by atoms with Crippen molar-refractivity contribution in [1.82, 2.24) is 14.8 Å². The standard InChI is InChI=1S/C48H60N4O9S/c1-8-29-20-30-24-47(43(55)59-6,39-33(27-51(25-29)26-30)32-21-31(62-19-11-18-53)12-13-36(32)49-39)35-22-34-37(23-38(35)58-5)50(4)41-46(34)15-17-52-16-10-14-45(9-2,40(46)52)42(61-28(3)54)48(41,57)44(56)60-7/h10,12-14,20-23,30,40-42,49,53,57H,8-9,11,15-19,24-27H2,1-7H3/t30-,40+,41-,42-,45-,46-,47+,48+/m1/s1. The number of carbonyl (C=O) groups excluding carboxylic acids is 3. The van der Waals surface area contributed by atoms with Gasteiger partial charge >= 0.3 is 17.9 Å². The predicted molar refractivity (Wildman–Crippen MR) is 237 cm³/mol. The molecule has 0 radical (unpaired) electrons. The number of methoxy groups -OCH3 is 3. The zero-order chi connectivity index (χ0) is 43.9. The first-order valence-electron chi connectivity index (χ1n) is 22.1. The number of ether oxygens (including phenoxy) is 4. The molecule has 2 bridgehead atoms. The Morgan fingerprint density at radius 3 is 2.50 bits per heavy atom. The van der Waals surface area contributed by atoms with E-state index in [4.69, 9.17) is 18.9 Å². The van der Waals surface area contributed by atoms with Crippen LogP contribution >= 0.6 is 11.8 Å². The predicted octanol–water partition coefficient (Wildman–Crippen LogP) is 5.23. The maximum Gasteiger partial charge on any atom is 0.344 e. The van der Waals surface area contributed by atoms with Crippen LogP contribution in [-0.2, 0) is 46.0 Å². The van der Waals surface area contributed by atoms with Gasteiger partial charge in [0, 0.05) is 108 Å². The van der Waals surface area contributed by atoms with Gasteiger partial charge in [-0.15, -0.1) is 11.8 Å². The first-order valence-corrected chi connectivity index (χ1v) is 23.1. The van der Waals surface area contributed by atoms with Gasteiger partial charge in [0.1, 0.15) is 11.2 Å². The SMILES string of the molecule is CCC1=C[C@H]2CN(C1)Cc1c([nH]c3ccc(SCCCO)cc13)[C@@](C(=O)OC)(c1cc3c(cc1OC)N(C)[C@H]1[C@@](O)(C(=O)OC)[C@H](OC(C)=O)[C@]4(CC)C=CCN5CC[C@]31[C@@H]54)C2. The summed E-state index contributed by atoms with van der Waals surface area (Å²) in [5, 5.41) is 23.9. The molecule has 332 valence electrons. The van der Waals surface area contributed by atoms with Crippen molar-refractivity contribution in [3.63, 3.8) is 0 Å². The van der Waals surface area contributed by atoms with E-state index < -0.39 is 51.9 Å². The Hall–Kier alpha value is -4.34. The lowest BCUT2D eigenvalue weighted by molar-refractivity contribution is -0.228. The van der Waals surface area contributed by atoms with Crippen molar-refractivity contribution in [2.45, 2.75) is 98.9 Å². The van der Waals surface area contributed by atoms with Gasteiger partial charge in [-0.25, -0.2) is 4.79 Å². The van der Waals surface area contributed by atoms with Crippen LogP contribution < -0.4 is 9.64 Å². The summed E-state index contributed by atoms with van der Waals surface area (Å²) < 4.78 is 24.0. The third kappa shape index (κ3) is 5.85. The van der Waals surface area contributed by atoms with E-state index >= 15 is 4.79 Å². The average molecular weight is 869 g/mol. The highest BCUT2D eigenvalue weighted by molar-refractivity contribution is 7.99. The largest absolute Gasteiger partial charge is 0.496 e. The van der Waals surface area contributed by atoms with E-state index in [1.165, 1.54) is 26.7 Å². The van der Waals surface area contributed by atoms with Gasteiger partial charge in [0.05, 0.1) is 27.4 Å². The number of aromatic amines is 1. The maximum atomic E-state index is 15.4.